The Morgan fingerprint density at radius 1 is 1.17 bits per heavy atom. The third-order valence-electron chi connectivity index (χ3n) is 3.38. The van der Waals surface area contributed by atoms with Crippen LogP contribution in [-0.4, -0.2) is 15.9 Å². The Balaban J connectivity index is 1.42. The van der Waals surface area contributed by atoms with Crippen molar-refractivity contribution >= 4 is 44.9 Å². The van der Waals surface area contributed by atoms with Crippen molar-refractivity contribution in [1.29, 1.82) is 0 Å². The first-order chi connectivity index (χ1) is 11.2. The van der Waals surface area contributed by atoms with E-state index in [1.165, 1.54) is 10.9 Å². The molecule has 0 spiro atoms. The van der Waals surface area contributed by atoms with Gasteiger partial charge in [0.1, 0.15) is 5.82 Å². The highest BCUT2D eigenvalue weighted by Crippen LogP contribution is 2.22. The molecule has 118 valence electrons. The summed E-state index contributed by atoms with van der Waals surface area (Å²) in [5.41, 5.74) is 1.05. The minimum absolute atomic E-state index is 0.0240. The van der Waals surface area contributed by atoms with E-state index in [1.807, 2.05) is 18.2 Å². The van der Waals surface area contributed by atoms with Crippen LogP contribution >= 0.6 is 22.9 Å². The van der Waals surface area contributed by atoms with Gasteiger partial charge < -0.3 is 5.32 Å². The van der Waals surface area contributed by atoms with E-state index in [2.05, 4.69) is 21.4 Å². The SMILES string of the molecule is O=C(CCCCc1nc2ccccc2s1)Nc1ccc(Cl)cn1. The fourth-order valence-electron chi connectivity index (χ4n) is 2.24. The standard InChI is InChI=1S/C17H16ClN3OS/c18-12-9-10-15(19-11-12)21-16(22)7-3-4-8-17-20-13-5-1-2-6-14(13)23-17/h1-2,5-6,9-11H,3-4,7-8H2,(H,19,21,22). The summed E-state index contributed by atoms with van der Waals surface area (Å²) < 4.78 is 1.22. The fraction of sp³-hybridized carbons (Fsp3) is 0.235. The molecule has 1 N–H and O–H groups in total. The Bertz CT molecular complexity index is 768. The summed E-state index contributed by atoms with van der Waals surface area (Å²) in [4.78, 5) is 20.5. The second-order valence-corrected chi connectivity index (χ2v) is 6.74. The first-order valence-corrected chi connectivity index (χ1v) is 8.66. The highest BCUT2D eigenvalue weighted by atomic mass is 35.5. The van der Waals surface area contributed by atoms with Crippen LogP contribution in [0.3, 0.4) is 0 Å². The van der Waals surface area contributed by atoms with Crippen molar-refractivity contribution in [2.75, 3.05) is 5.32 Å². The van der Waals surface area contributed by atoms with Crippen molar-refractivity contribution in [3.8, 4) is 0 Å². The number of benzene rings is 1. The highest BCUT2D eigenvalue weighted by Gasteiger charge is 2.06. The summed E-state index contributed by atoms with van der Waals surface area (Å²) in [5.74, 6) is 0.509. The van der Waals surface area contributed by atoms with Crippen LogP contribution in [0.15, 0.2) is 42.6 Å². The van der Waals surface area contributed by atoms with E-state index in [1.54, 1.807) is 23.5 Å². The molecule has 1 amide bonds. The number of rotatable bonds is 6. The van der Waals surface area contributed by atoms with Crippen molar-refractivity contribution in [2.45, 2.75) is 25.7 Å². The molecule has 0 saturated carbocycles. The van der Waals surface area contributed by atoms with Crippen LogP contribution < -0.4 is 5.32 Å². The molecule has 4 nitrogen and oxygen atoms in total. The number of carbonyl (C=O) groups is 1. The molecule has 0 fully saturated rings. The molecular formula is C17H16ClN3OS. The van der Waals surface area contributed by atoms with Crippen molar-refractivity contribution in [1.82, 2.24) is 9.97 Å². The summed E-state index contributed by atoms with van der Waals surface area (Å²) in [6.45, 7) is 0. The summed E-state index contributed by atoms with van der Waals surface area (Å²) in [6, 6.07) is 11.5. The number of para-hydroxylation sites is 1. The normalized spacial score (nSPS) is 10.8. The molecule has 0 radical (unpaired) electrons. The maximum absolute atomic E-state index is 11.9. The van der Waals surface area contributed by atoms with E-state index in [-0.39, 0.29) is 5.91 Å². The number of thiazole rings is 1. The number of amides is 1. The first-order valence-electron chi connectivity index (χ1n) is 7.46. The molecule has 0 saturated heterocycles. The zero-order chi connectivity index (χ0) is 16.1. The minimum Gasteiger partial charge on any atom is -0.311 e. The number of hydrogen-bond donors (Lipinski definition) is 1. The maximum atomic E-state index is 11.9. The molecular weight excluding hydrogens is 330 g/mol. The van der Waals surface area contributed by atoms with Crippen molar-refractivity contribution in [2.24, 2.45) is 0 Å². The number of nitrogens with zero attached hydrogens (tertiary/aromatic N) is 2. The zero-order valence-corrected chi connectivity index (χ0v) is 14.0. The van der Waals surface area contributed by atoms with Gasteiger partial charge in [-0.05, 0) is 43.5 Å². The Hall–Kier alpha value is -1.98. The largest absolute Gasteiger partial charge is 0.311 e. The second-order valence-electron chi connectivity index (χ2n) is 5.19. The highest BCUT2D eigenvalue weighted by molar-refractivity contribution is 7.18. The molecule has 0 aliphatic carbocycles. The fourth-order valence-corrected chi connectivity index (χ4v) is 3.36. The van der Waals surface area contributed by atoms with Crippen LogP contribution in [0, 0.1) is 0 Å². The number of fused-ring (bicyclic) bond motifs is 1. The average molecular weight is 346 g/mol. The van der Waals surface area contributed by atoms with Gasteiger partial charge in [-0.3, -0.25) is 4.79 Å². The molecule has 0 atom stereocenters. The number of anilines is 1. The number of pyridine rings is 1. The lowest BCUT2D eigenvalue weighted by Gasteiger charge is -2.03. The molecule has 0 aliphatic rings. The number of nitrogens with one attached hydrogen (secondary N) is 1. The summed E-state index contributed by atoms with van der Waals surface area (Å²) in [5, 5.41) is 4.45. The van der Waals surface area contributed by atoms with Gasteiger partial charge in [0.25, 0.3) is 0 Å². The smallest absolute Gasteiger partial charge is 0.225 e. The molecule has 3 aromatic rings. The van der Waals surface area contributed by atoms with E-state index in [4.69, 9.17) is 11.6 Å². The van der Waals surface area contributed by atoms with E-state index in [0.29, 0.717) is 17.3 Å². The maximum Gasteiger partial charge on any atom is 0.225 e. The van der Waals surface area contributed by atoms with Crippen LogP contribution in [0.2, 0.25) is 5.02 Å². The summed E-state index contributed by atoms with van der Waals surface area (Å²) >= 11 is 7.48. The number of hydrogen-bond acceptors (Lipinski definition) is 4. The van der Waals surface area contributed by atoms with E-state index in [9.17, 15) is 4.79 Å². The molecule has 3 rings (SSSR count). The Morgan fingerprint density at radius 3 is 2.83 bits per heavy atom. The number of unbranched alkanes of at least 4 members (excludes halogenated alkanes) is 1. The van der Waals surface area contributed by atoms with Crippen LogP contribution in [-0.2, 0) is 11.2 Å². The van der Waals surface area contributed by atoms with Crippen molar-refractivity contribution < 1.29 is 4.79 Å². The Labute approximate surface area is 143 Å². The molecule has 0 bridgehead atoms. The molecule has 2 aromatic heterocycles. The molecule has 1 aromatic carbocycles. The molecule has 6 heteroatoms. The Kier molecular flexibility index (Phi) is 5.20. The number of aryl methyl sites for hydroxylation is 1. The number of carbonyl (C=O) groups excluding carboxylic acids is 1. The molecule has 2 heterocycles. The average Bonchev–Trinajstić information content (AvgIpc) is 2.96. The second kappa shape index (κ2) is 7.53. The first kappa shape index (κ1) is 15.9. The Morgan fingerprint density at radius 2 is 2.04 bits per heavy atom. The van der Waals surface area contributed by atoms with Gasteiger partial charge in [0, 0.05) is 12.6 Å². The minimum atomic E-state index is -0.0240. The van der Waals surface area contributed by atoms with E-state index in [0.717, 1.165) is 29.8 Å². The third kappa shape index (κ3) is 4.50. The van der Waals surface area contributed by atoms with Crippen LogP contribution in [0.25, 0.3) is 10.2 Å². The van der Waals surface area contributed by atoms with Gasteiger partial charge in [-0.1, -0.05) is 23.7 Å². The molecule has 0 unspecified atom stereocenters. The van der Waals surface area contributed by atoms with E-state index >= 15 is 0 Å². The quantitative estimate of drug-likeness (QED) is 0.659. The van der Waals surface area contributed by atoms with Crippen LogP contribution in [0.1, 0.15) is 24.3 Å². The van der Waals surface area contributed by atoms with Gasteiger partial charge in [0.2, 0.25) is 5.91 Å². The lowest BCUT2D eigenvalue weighted by atomic mass is 10.2. The van der Waals surface area contributed by atoms with Crippen LogP contribution in [0.5, 0.6) is 0 Å². The predicted molar refractivity (Wildman–Crippen MR) is 95.1 cm³/mol. The lowest BCUT2D eigenvalue weighted by Crippen LogP contribution is -2.12. The van der Waals surface area contributed by atoms with Gasteiger partial charge in [-0.15, -0.1) is 11.3 Å². The van der Waals surface area contributed by atoms with Crippen LogP contribution in [0.4, 0.5) is 5.82 Å². The summed E-state index contributed by atoms with van der Waals surface area (Å²) in [7, 11) is 0. The van der Waals surface area contributed by atoms with Gasteiger partial charge in [0.15, 0.2) is 0 Å². The topological polar surface area (TPSA) is 54.9 Å². The molecule has 0 aliphatic heterocycles. The van der Waals surface area contributed by atoms with Crippen molar-refractivity contribution in [3.63, 3.8) is 0 Å². The number of aromatic nitrogens is 2. The summed E-state index contributed by atoms with van der Waals surface area (Å²) in [6.07, 6.45) is 4.68. The number of halogens is 1. The van der Waals surface area contributed by atoms with Gasteiger partial charge in [-0.25, -0.2) is 9.97 Å². The molecule has 23 heavy (non-hydrogen) atoms. The van der Waals surface area contributed by atoms with E-state index < -0.39 is 0 Å². The van der Waals surface area contributed by atoms with Gasteiger partial charge in [0.05, 0.1) is 20.2 Å². The van der Waals surface area contributed by atoms with Gasteiger partial charge >= 0.3 is 0 Å². The predicted octanol–water partition coefficient (Wildman–Crippen LogP) is 4.70. The lowest BCUT2D eigenvalue weighted by molar-refractivity contribution is -0.116. The van der Waals surface area contributed by atoms with Gasteiger partial charge in [-0.2, -0.15) is 0 Å². The monoisotopic (exact) mass is 345 g/mol. The zero-order valence-electron chi connectivity index (χ0n) is 12.5. The van der Waals surface area contributed by atoms with Crippen molar-refractivity contribution in [3.05, 3.63) is 52.6 Å². The third-order valence-corrected chi connectivity index (χ3v) is 4.70.